The van der Waals surface area contributed by atoms with Gasteiger partial charge in [-0.1, -0.05) is 28.8 Å². The highest BCUT2D eigenvalue weighted by atomic mass is 79.9. The van der Waals surface area contributed by atoms with Gasteiger partial charge in [-0.25, -0.2) is 0 Å². The molecule has 1 saturated carbocycles. The van der Waals surface area contributed by atoms with Crippen LogP contribution in [0.5, 0.6) is 0 Å². The first-order valence-corrected chi connectivity index (χ1v) is 7.61. The number of hydrogen-bond acceptors (Lipinski definition) is 1. The van der Waals surface area contributed by atoms with Crippen LogP contribution in [0.1, 0.15) is 41.0 Å². The van der Waals surface area contributed by atoms with Crippen molar-refractivity contribution < 1.29 is 0 Å². The van der Waals surface area contributed by atoms with Crippen LogP contribution in [0.4, 0.5) is 0 Å². The van der Waals surface area contributed by atoms with E-state index in [-0.39, 0.29) is 0 Å². The molecule has 0 bridgehead atoms. The summed E-state index contributed by atoms with van der Waals surface area (Å²) in [6, 6.07) is 2.28. The summed E-state index contributed by atoms with van der Waals surface area (Å²) >= 11 is 9.26. The van der Waals surface area contributed by atoms with Gasteiger partial charge in [0.05, 0.1) is 3.79 Å². The Morgan fingerprint density at radius 1 is 1.43 bits per heavy atom. The molecule has 1 atom stereocenters. The summed E-state index contributed by atoms with van der Waals surface area (Å²) in [5, 5.41) is 0. The Labute approximate surface area is 106 Å². The minimum Gasteiger partial charge on any atom is -0.133 e. The van der Waals surface area contributed by atoms with Gasteiger partial charge < -0.3 is 0 Å². The van der Waals surface area contributed by atoms with Crippen LogP contribution in [0.15, 0.2) is 9.85 Å². The van der Waals surface area contributed by atoms with E-state index in [1.807, 2.05) is 11.3 Å². The smallest absolute Gasteiger partial charge is 0.0704 e. The Hall–Kier alpha value is 0.660. The number of alkyl halides is 1. The van der Waals surface area contributed by atoms with Gasteiger partial charge in [0.1, 0.15) is 0 Å². The van der Waals surface area contributed by atoms with E-state index in [9.17, 15) is 0 Å². The minimum absolute atomic E-state index is 0.576. The van der Waals surface area contributed by atoms with Gasteiger partial charge in [0.2, 0.25) is 0 Å². The molecule has 1 aliphatic rings. The fraction of sp³-hybridized carbons (Fsp3) is 0.636. The van der Waals surface area contributed by atoms with Gasteiger partial charge in [0.25, 0.3) is 0 Å². The Kier molecular flexibility index (Phi) is 3.72. The number of halogens is 2. The van der Waals surface area contributed by atoms with E-state index in [2.05, 4.69) is 44.8 Å². The summed E-state index contributed by atoms with van der Waals surface area (Å²) in [5.41, 5.74) is 1.49. The van der Waals surface area contributed by atoms with Gasteiger partial charge in [0.15, 0.2) is 0 Å². The molecule has 0 saturated heterocycles. The fourth-order valence-corrected chi connectivity index (χ4v) is 5.15. The second-order valence-corrected chi connectivity index (χ2v) is 7.63. The van der Waals surface area contributed by atoms with Crippen LogP contribution >= 0.6 is 43.2 Å². The maximum Gasteiger partial charge on any atom is 0.0704 e. The van der Waals surface area contributed by atoms with Crippen molar-refractivity contribution in [3.8, 4) is 0 Å². The number of aryl methyl sites for hydroxylation is 1. The second-order valence-electron chi connectivity index (χ2n) is 4.01. The standard InChI is InChI=1S/C11H14Br2S/c1-7-9(6-10(12)14-7)11(13)8-4-2-3-5-8/h6,8,11H,2-5H2,1H3. The van der Waals surface area contributed by atoms with Crippen LogP contribution in [0.3, 0.4) is 0 Å². The Morgan fingerprint density at radius 2 is 2.07 bits per heavy atom. The molecule has 0 radical (unpaired) electrons. The van der Waals surface area contributed by atoms with E-state index >= 15 is 0 Å². The van der Waals surface area contributed by atoms with Gasteiger partial charge in [-0.2, -0.15) is 0 Å². The molecule has 1 heterocycles. The highest BCUT2D eigenvalue weighted by Crippen LogP contribution is 2.44. The predicted octanol–water partition coefficient (Wildman–Crippen LogP) is 5.45. The lowest BCUT2D eigenvalue weighted by molar-refractivity contribution is 0.541. The molecule has 78 valence electrons. The van der Waals surface area contributed by atoms with Crippen molar-refractivity contribution in [1.29, 1.82) is 0 Å². The lowest BCUT2D eigenvalue weighted by atomic mass is 9.98. The van der Waals surface area contributed by atoms with Crippen molar-refractivity contribution >= 4 is 43.2 Å². The third-order valence-electron chi connectivity index (χ3n) is 3.04. The normalized spacial score (nSPS) is 20.2. The third-order valence-corrected chi connectivity index (χ3v) is 5.85. The molecule has 1 unspecified atom stereocenters. The molecule has 0 aliphatic heterocycles. The average Bonchev–Trinajstić information content (AvgIpc) is 2.73. The maximum atomic E-state index is 3.86. The lowest BCUT2D eigenvalue weighted by Crippen LogP contribution is -2.02. The summed E-state index contributed by atoms with van der Waals surface area (Å²) in [6.45, 7) is 2.22. The number of thiophene rings is 1. The highest BCUT2D eigenvalue weighted by molar-refractivity contribution is 9.11. The maximum absolute atomic E-state index is 3.86. The zero-order valence-electron chi connectivity index (χ0n) is 8.22. The molecule has 1 aliphatic carbocycles. The van der Waals surface area contributed by atoms with Crippen LogP contribution < -0.4 is 0 Å². The molecule has 1 aromatic rings. The van der Waals surface area contributed by atoms with Crippen molar-refractivity contribution in [1.82, 2.24) is 0 Å². The Bertz CT molecular complexity index is 313. The number of rotatable bonds is 2. The van der Waals surface area contributed by atoms with Crippen molar-refractivity contribution in [2.24, 2.45) is 5.92 Å². The molecule has 0 N–H and O–H groups in total. The Morgan fingerprint density at radius 3 is 2.57 bits per heavy atom. The molecule has 0 nitrogen and oxygen atoms in total. The van der Waals surface area contributed by atoms with Crippen molar-refractivity contribution in [2.45, 2.75) is 37.4 Å². The molecule has 1 aromatic heterocycles. The first kappa shape index (κ1) is 11.2. The van der Waals surface area contributed by atoms with Gasteiger partial charge in [-0.05, 0) is 53.2 Å². The van der Waals surface area contributed by atoms with Gasteiger partial charge in [-0.3, -0.25) is 0 Å². The van der Waals surface area contributed by atoms with Crippen LogP contribution in [0, 0.1) is 12.8 Å². The predicted molar refractivity (Wildman–Crippen MR) is 70.4 cm³/mol. The number of hydrogen-bond donors (Lipinski definition) is 0. The van der Waals surface area contributed by atoms with E-state index < -0.39 is 0 Å². The van der Waals surface area contributed by atoms with Gasteiger partial charge >= 0.3 is 0 Å². The molecular weight excluding hydrogens is 324 g/mol. The minimum atomic E-state index is 0.576. The average molecular weight is 338 g/mol. The Balaban J connectivity index is 2.17. The summed E-state index contributed by atoms with van der Waals surface area (Å²) in [5.74, 6) is 0.857. The van der Waals surface area contributed by atoms with Crippen LogP contribution in [-0.4, -0.2) is 0 Å². The first-order valence-electron chi connectivity index (χ1n) is 5.08. The zero-order valence-corrected chi connectivity index (χ0v) is 12.2. The van der Waals surface area contributed by atoms with Gasteiger partial charge in [0, 0.05) is 9.70 Å². The van der Waals surface area contributed by atoms with E-state index in [1.165, 1.54) is 39.9 Å². The van der Waals surface area contributed by atoms with E-state index in [1.54, 1.807) is 0 Å². The van der Waals surface area contributed by atoms with E-state index in [0.29, 0.717) is 4.83 Å². The second kappa shape index (κ2) is 4.67. The van der Waals surface area contributed by atoms with Crippen LogP contribution in [0.25, 0.3) is 0 Å². The first-order chi connectivity index (χ1) is 6.68. The molecule has 0 aromatic carbocycles. The zero-order chi connectivity index (χ0) is 10.1. The molecule has 3 heteroatoms. The molecule has 0 amide bonds. The summed E-state index contributed by atoms with van der Waals surface area (Å²) in [7, 11) is 0. The largest absolute Gasteiger partial charge is 0.133 e. The van der Waals surface area contributed by atoms with Crippen molar-refractivity contribution in [2.75, 3.05) is 0 Å². The molecule has 0 spiro atoms. The van der Waals surface area contributed by atoms with Crippen LogP contribution in [0.2, 0.25) is 0 Å². The fourth-order valence-electron chi connectivity index (χ4n) is 2.24. The summed E-state index contributed by atoms with van der Waals surface area (Å²) in [4.78, 5) is 2.03. The van der Waals surface area contributed by atoms with Crippen molar-refractivity contribution in [3.05, 3.63) is 20.3 Å². The van der Waals surface area contributed by atoms with E-state index in [4.69, 9.17) is 0 Å². The molecule has 1 fully saturated rings. The van der Waals surface area contributed by atoms with E-state index in [0.717, 1.165) is 5.92 Å². The molecule has 14 heavy (non-hydrogen) atoms. The van der Waals surface area contributed by atoms with Gasteiger partial charge in [-0.15, -0.1) is 11.3 Å². The summed E-state index contributed by atoms with van der Waals surface area (Å²) in [6.07, 6.45) is 5.61. The third kappa shape index (κ3) is 2.25. The topological polar surface area (TPSA) is 0 Å². The lowest BCUT2D eigenvalue weighted by Gasteiger charge is -2.16. The molecule has 2 rings (SSSR count). The quantitative estimate of drug-likeness (QED) is 0.630. The molecular formula is C11H14Br2S. The highest BCUT2D eigenvalue weighted by Gasteiger charge is 2.25. The monoisotopic (exact) mass is 336 g/mol. The van der Waals surface area contributed by atoms with Crippen molar-refractivity contribution in [3.63, 3.8) is 0 Å². The van der Waals surface area contributed by atoms with Crippen LogP contribution in [-0.2, 0) is 0 Å². The summed E-state index contributed by atoms with van der Waals surface area (Å²) < 4.78 is 1.26. The SMILES string of the molecule is Cc1sc(Br)cc1C(Br)C1CCCC1.